The number of aliphatic hydroxyl groups excluding tert-OH is 1. The molecule has 2 fully saturated rings. The fourth-order valence-electron chi connectivity index (χ4n) is 7.16. The van der Waals surface area contributed by atoms with Crippen molar-refractivity contribution >= 4 is 12.2 Å². The van der Waals surface area contributed by atoms with E-state index in [4.69, 9.17) is 5.73 Å². The first-order valence-electron chi connectivity index (χ1n) is 16.1. The Morgan fingerprint density at radius 1 is 1.32 bits per heavy atom. The van der Waals surface area contributed by atoms with Gasteiger partial charge < -0.3 is 52.0 Å². The number of hydrogen-bond donors (Lipinski definition) is 8. The standard InChI is InChI=1S/C30H59N7O4/c1-22-26(38)16-25(37-15-14-33-21-37)24(36-22)10-9-23(19-32-3)8-6-4-5-7-11-30(41,18-28(39)40)20-35-29(2)12-13-34-27(31)17-29/h14,22-27,32,34-36,38,41H,4-13,15-21,31H2,1-3H3,(H,39,40)/t22-,23+,24+,25+,26+,27+,29+,30+/m0/s1. The van der Waals surface area contributed by atoms with E-state index < -0.39 is 11.6 Å². The zero-order chi connectivity index (χ0) is 29.9. The van der Waals surface area contributed by atoms with Crippen LogP contribution in [0.15, 0.2) is 4.99 Å². The topological polar surface area (TPSA) is 172 Å². The van der Waals surface area contributed by atoms with E-state index in [1.165, 1.54) is 4.90 Å². The molecule has 11 heteroatoms. The van der Waals surface area contributed by atoms with Crippen molar-refractivity contribution in [2.45, 2.75) is 132 Å². The van der Waals surface area contributed by atoms with Crippen LogP contribution in [0.5, 0.6) is 0 Å². The van der Waals surface area contributed by atoms with Gasteiger partial charge >= 0.3 is 0 Å². The highest BCUT2D eigenvalue weighted by atomic mass is 16.4. The van der Waals surface area contributed by atoms with Gasteiger partial charge in [0.05, 0.1) is 30.1 Å². The monoisotopic (exact) mass is 581 g/mol. The number of carboxylic acid groups (broad SMARTS) is 1. The lowest BCUT2D eigenvalue weighted by Gasteiger charge is -2.41. The Morgan fingerprint density at radius 3 is 2.78 bits per heavy atom. The van der Waals surface area contributed by atoms with Crippen LogP contribution in [0.1, 0.15) is 90.9 Å². The first kappa shape index (κ1) is 34.3. The molecular formula is C30H59N7O4. The van der Waals surface area contributed by atoms with Crippen LogP contribution < -0.4 is 37.0 Å². The molecule has 11 nitrogen and oxygen atoms in total. The lowest BCUT2D eigenvalue weighted by atomic mass is 9.85. The van der Waals surface area contributed by atoms with Gasteiger partial charge in [0, 0.05) is 36.9 Å². The van der Waals surface area contributed by atoms with Crippen LogP contribution in [0, 0.1) is 5.92 Å². The number of aliphatic hydroxyl groups is 2. The van der Waals surface area contributed by atoms with Crippen molar-refractivity contribution in [2.24, 2.45) is 16.6 Å². The number of carboxylic acids is 1. The highest BCUT2D eigenvalue weighted by molar-refractivity contribution is 5.65. The Kier molecular flexibility index (Phi) is 13.9. The number of carbonyl (C=O) groups excluding carboxylic acids is 1. The van der Waals surface area contributed by atoms with Crippen molar-refractivity contribution in [3.05, 3.63) is 0 Å². The van der Waals surface area contributed by atoms with Crippen LogP contribution in [-0.4, -0.2) is 104 Å². The molecule has 41 heavy (non-hydrogen) atoms. The second-order valence-electron chi connectivity index (χ2n) is 13.5. The molecule has 3 rings (SSSR count). The number of rotatable bonds is 18. The molecule has 0 aromatic rings. The number of β-amino-alcohol motifs (C(OH)–C–C–N with tert-alkyl or cyclic N) is 1. The number of aliphatic imine (C=N–C) groups is 1. The van der Waals surface area contributed by atoms with Crippen LogP contribution in [0.25, 0.3) is 0 Å². The summed E-state index contributed by atoms with van der Waals surface area (Å²) in [5.74, 6) is -0.625. The third-order valence-corrected chi connectivity index (χ3v) is 9.79. The smallest absolute Gasteiger partial charge is 0.171 e. The van der Waals surface area contributed by atoms with Gasteiger partial charge in [0.25, 0.3) is 0 Å². The summed E-state index contributed by atoms with van der Waals surface area (Å²) >= 11 is 0. The molecule has 0 amide bonds. The minimum absolute atomic E-state index is 0.0974. The molecule has 3 aliphatic rings. The maximum Gasteiger partial charge on any atom is 0.171 e. The summed E-state index contributed by atoms with van der Waals surface area (Å²) in [6, 6.07) is 0.900. The molecule has 2 saturated heterocycles. The van der Waals surface area contributed by atoms with Crippen LogP contribution in [0.3, 0.4) is 0 Å². The Morgan fingerprint density at radius 2 is 2.10 bits per heavy atom. The fourth-order valence-corrected chi connectivity index (χ4v) is 7.16. The van der Waals surface area contributed by atoms with Crippen molar-refractivity contribution in [1.82, 2.24) is 21.3 Å². The average Bonchev–Trinajstić information content (AvgIpc) is 3.44. The van der Waals surface area contributed by atoms with Crippen molar-refractivity contribution in [2.75, 3.05) is 39.9 Å². The zero-order valence-corrected chi connectivity index (χ0v) is 25.8. The number of nitrogens with one attached hydrogen (secondary N) is 5. The van der Waals surface area contributed by atoms with Crippen LogP contribution >= 0.6 is 0 Å². The minimum atomic E-state index is -1.32. The second kappa shape index (κ2) is 16.6. The van der Waals surface area contributed by atoms with Gasteiger partial charge in [-0.15, -0.1) is 0 Å². The molecule has 0 aromatic carbocycles. The van der Waals surface area contributed by atoms with Gasteiger partial charge in [-0.25, -0.2) is 4.99 Å². The van der Waals surface area contributed by atoms with E-state index in [1.807, 2.05) is 13.3 Å². The molecule has 3 heterocycles. The third kappa shape index (κ3) is 11.4. The number of hydrogen-bond acceptors (Lipinski definition) is 10. The third-order valence-electron chi connectivity index (χ3n) is 9.79. The normalized spacial score (nSPS) is 34.4. The lowest BCUT2D eigenvalue weighted by molar-refractivity contribution is -0.914. The second-order valence-corrected chi connectivity index (χ2v) is 13.5. The molecule has 0 spiro atoms. The zero-order valence-electron chi connectivity index (χ0n) is 25.8. The maximum atomic E-state index is 11.4. The molecule has 3 aliphatic heterocycles. The van der Waals surface area contributed by atoms with Crippen LogP contribution in [0.4, 0.5) is 0 Å². The van der Waals surface area contributed by atoms with E-state index in [9.17, 15) is 20.1 Å². The van der Waals surface area contributed by atoms with E-state index in [0.29, 0.717) is 24.4 Å². The first-order valence-corrected chi connectivity index (χ1v) is 16.1. The van der Waals surface area contributed by atoms with E-state index in [2.05, 4.69) is 40.1 Å². The van der Waals surface area contributed by atoms with E-state index in [0.717, 1.165) is 90.5 Å². The summed E-state index contributed by atoms with van der Waals surface area (Å²) in [5.41, 5.74) is 4.52. The summed E-state index contributed by atoms with van der Waals surface area (Å²) < 4.78 is 0. The highest BCUT2D eigenvalue weighted by Crippen LogP contribution is 2.25. The summed E-state index contributed by atoms with van der Waals surface area (Å²) in [4.78, 5) is 17.3. The largest absolute Gasteiger partial charge is 0.550 e. The average molecular weight is 582 g/mol. The number of carbonyl (C=O) groups is 1. The predicted octanol–water partition coefficient (Wildman–Crippen LogP) is -1.76. The molecule has 1 unspecified atom stereocenters. The van der Waals surface area contributed by atoms with Gasteiger partial charge in [0.15, 0.2) is 6.67 Å². The number of nitrogens with zero attached hydrogens (tertiary/aromatic N) is 1. The van der Waals surface area contributed by atoms with Crippen LogP contribution in [-0.2, 0) is 4.79 Å². The molecule has 9 atom stereocenters. The summed E-state index contributed by atoms with van der Waals surface area (Å²) in [7, 11) is 2.02. The Labute approximate surface area is 247 Å². The van der Waals surface area contributed by atoms with E-state index in [1.54, 1.807) is 0 Å². The van der Waals surface area contributed by atoms with Crippen molar-refractivity contribution in [3.8, 4) is 0 Å². The molecular weight excluding hydrogens is 522 g/mol. The Bertz CT molecular complexity index is 812. The Hall–Kier alpha value is -1.18. The number of aliphatic carboxylic acids is 1. The maximum absolute atomic E-state index is 11.4. The van der Waals surface area contributed by atoms with Crippen LogP contribution in [0.2, 0.25) is 0 Å². The number of nitrogens with two attached hydrogens (primary N) is 1. The molecule has 0 radical (unpaired) electrons. The highest BCUT2D eigenvalue weighted by Gasteiger charge is 2.40. The number of quaternary nitrogens is 1. The minimum Gasteiger partial charge on any atom is -0.550 e. The predicted molar refractivity (Wildman–Crippen MR) is 161 cm³/mol. The number of piperidine rings is 2. The van der Waals surface area contributed by atoms with Gasteiger partial charge in [-0.05, 0) is 78.4 Å². The van der Waals surface area contributed by atoms with Gasteiger partial charge in [-0.2, -0.15) is 0 Å². The lowest BCUT2D eigenvalue weighted by Crippen LogP contribution is -3.16. The molecule has 0 aliphatic carbocycles. The fraction of sp³-hybridized carbons (Fsp3) is 0.933. The first-order chi connectivity index (χ1) is 19.5. The summed E-state index contributed by atoms with van der Waals surface area (Å²) in [5, 5.41) is 46.8. The van der Waals surface area contributed by atoms with Crippen molar-refractivity contribution < 1.29 is 25.0 Å². The molecule has 0 saturated carbocycles. The SMILES string of the molecule is CNC[C@H](CCCCCC[C@](O)(CN[C@]1(C)CCN[C@@H](N)C1)CC(=O)[O-])CC[C@H]1N[C@@H](C)[C@H](O)C[C@H]1[NH+]1CC=NC1. The van der Waals surface area contributed by atoms with Gasteiger partial charge in [-0.3, -0.25) is 0 Å². The van der Waals surface area contributed by atoms with Crippen molar-refractivity contribution in [3.63, 3.8) is 0 Å². The number of unbranched alkanes of at least 4 members (excludes halogenated alkanes) is 3. The van der Waals surface area contributed by atoms with Gasteiger partial charge in [0.2, 0.25) is 0 Å². The van der Waals surface area contributed by atoms with E-state index in [-0.39, 0.29) is 36.8 Å². The molecule has 0 bridgehead atoms. The molecule has 238 valence electrons. The Balaban J connectivity index is 1.39. The van der Waals surface area contributed by atoms with Gasteiger partial charge in [-0.1, -0.05) is 25.7 Å². The van der Waals surface area contributed by atoms with E-state index >= 15 is 0 Å². The quantitative estimate of drug-likeness (QED) is 0.0873. The van der Waals surface area contributed by atoms with Crippen molar-refractivity contribution in [1.29, 1.82) is 0 Å². The molecule has 9 N–H and O–H groups in total. The molecule has 0 aromatic heterocycles. The summed E-state index contributed by atoms with van der Waals surface area (Å²) in [6.45, 7) is 7.95. The summed E-state index contributed by atoms with van der Waals surface area (Å²) in [6.07, 6.45) is 11.5. The van der Waals surface area contributed by atoms with Gasteiger partial charge in [0.1, 0.15) is 12.6 Å².